The minimum absolute atomic E-state index is 0.405. The molecule has 5 nitrogen and oxygen atoms in total. The number of pyridine rings is 1. The lowest BCUT2D eigenvalue weighted by atomic mass is 10.2. The maximum atomic E-state index is 5.53. The Morgan fingerprint density at radius 1 is 1.38 bits per heavy atom. The molecule has 0 bridgehead atoms. The van der Waals surface area contributed by atoms with Crippen molar-refractivity contribution in [2.75, 3.05) is 11.1 Å². The van der Waals surface area contributed by atoms with Crippen LogP contribution in [-0.2, 0) is 6.54 Å². The Hall–Kier alpha value is -2.17. The molecule has 2 rings (SSSR count). The number of aromatic nitrogens is 3. The maximum Gasteiger partial charge on any atom is 0.147 e. The fourth-order valence-electron chi connectivity index (χ4n) is 1.34. The fourth-order valence-corrected chi connectivity index (χ4v) is 1.34. The molecule has 2 heterocycles. The predicted octanol–water partition coefficient (Wildman–Crippen LogP) is 1.37. The van der Waals surface area contributed by atoms with E-state index in [-0.39, 0.29) is 0 Å². The third-order valence-corrected chi connectivity index (χ3v) is 2.21. The van der Waals surface area contributed by atoms with E-state index in [1.165, 1.54) is 6.20 Å². The van der Waals surface area contributed by atoms with Crippen molar-refractivity contribution in [3.63, 3.8) is 0 Å². The van der Waals surface area contributed by atoms with Gasteiger partial charge in [-0.2, -0.15) is 0 Å². The Kier molecular flexibility index (Phi) is 2.95. The zero-order valence-electron chi connectivity index (χ0n) is 9.01. The smallest absolute Gasteiger partial charge is 0.147 e. The SMILES string of the molecule is Cc1cccnc1CNc1cncc(N)n1. The van der Waals surface area contributed by atoms with Crippen LogP contribution in [-0.4, -0.2) is 15.0 Å². The highest BCUT2D eigenvalue weighted by molar-refractivity contribution is 5.39. The van der Waals surface area contributed by atoms with Crippen molar-refractivity contribution in [3.8, 4) is 0 Å². The van der Waals surface area contributed by atoms with Crippen molar-refractivity contribution >= 4 is 11.6 Å². The normalized spacial score (nSPS) is 10.1. The van der Waals surface area contributed by atoms with E-state index in [0.29, 0.717) is 18.2 Å². The van der Waals surface area contributed by atoms with E-state index in [1.807, 2.05) is 19.1 Å². The highest BCUT2D eigenvalue weighted by Crippen LogP contribution is 2.07. The predicted molar refractivity (Wildman–Crippen MR) is 62.7 cm³/mol. The zero-order valence-corrected chi connectivity index (χ0v) is 9.01. The van der Waals surface area contributed by atoms with Gasteiger partial charge >= 0.3 is 0 Å². The van der Waals surface area contributed by atoms with Crippen molar-refractivity contribution < 1.29 is 0 Å². The van der Waals surface area contributed by atoms with Gasteiger partial charge in [0, 0.05) is 6.20 Å². The number of nitrogens with two attached hydrogens (primary N) is 1. The van der Waals surface area contributed by atoms with E-state index in [2.05, 4.69) is 20.3 Å². The van der Waals surface area contributed by atoms with Gasteiger partial charge in [0.25, 0.3) is 0 Å². The number of hydrogen-bond donors (Lipinski definition) is 2. The van der Waals surface area contributed by atoms with E-state index >= 15 is 0 Å². The number of aryl methyl sites for hydroxylation is 1. The third kappa shape index (κ3) is 2.44. The molecule has 0 fully saturated rings. The number of nitrogens with zero attached hydrogens (tertiary/aromatic N) is 3. The minimum Gasteiger partial charge on any atom is -0.382 e. The summed E-state index contributed by atoms with van der Waals surface area (Å²) in [5.41, 5.74) is 7.67. The molecule has 0 aliphatic heterocycles. The van der Waals surface area contributed by atoms with E-state index in [9.17, 15) is 0 Å². The summed E-state index contributed by atoms with van der Waals surface area (Å²) in [4.78, 5) is 12.3. The van der Waals surface area contributed by atoms with E-state index in [1.54, 1.807) is 12.4 Å². The lowest BCUT2D eigenvalue weighted by Crippen LogP contribution is -2.06. The lowest BCUT2D eigenvalue weighted by Gasteiger charge is -2.06. The fraction of sp³-hybridized carbons (Fsp3) is 0.182. The van der Waals surface area contributed by atoms with Crippen LogP contribution in [0.5, 0.6) is 0 Å². The van der Waals surface area contributed by atoms with Gasteiger partial charge in [-0.3, -0.25) is 9.97 Å². The van der Waals surface area contributed by atoms with Crippen LogP contribution in [0.1, 0.15) is 11.3 Å². The van der Waals surface area contributed by atoms with Crippen LogP contribution in [0, 0.1) is 6.92 Å². The number of nitrogen functional groups attached to an aromatic ring is 1. The van der Waals surface area contributed by atoms with Gasteiger partial charge < -0.3 is 11.1 Å². The Bertz CT molecular complexity index is 483. The van der Waals surface area contributed by atoms with Crippen LogP contribution in [0.4, 0.5) is 11.6 Å². The monoisotopic (exact) mass is 215 g/mol. The van der Waals surface area contributed by atoms with Crippen LogP contribution in [0.15, 0.2) is 30.7 Å². The van der Waals surface area contributed by atoms with Crippen LogP contribution < -0.4 is 11.1 Å². The second-order valence-electron chi connectivity index (χ2n) is 3.45. The van der Waals surface area contributed by atoms with E-state index in [0.717, 1.165) is 11.3 Å². The molecule has 0 radical (unpaired) electrons. The molecule has 0 aliphatic rings. The van der Waals surface area contributed by atoms with Crippen LogP contribution in [0.25, 0.3) is 0 Å². The molecule has 2 aromatic rings. The van der Waals surface area contributed by atoms with E-state index < -0.39 is 0 Å². The summed E-state index contributed by atoms with van der Waals surface area (Å²) in [6.45, 7) is 2.64. The van der Waals surface area contributed by atoms with Crippen molar-refractivity contribution in [1.82, 2.24) is 15.0 Å². The summed E-state index contributed by atoms with van der Waals surface area (Å²) < 4.78 is 0. The molecule has 0 unspecified atom stereocenters. The molecule has 3 N–H and O–H groups in total. The van der Waals surface area contributed by atoms with Gasteiger partial charge in [0.05, 0.1) is 24.6 Å². The van der Waals surface area contributed by atoms with Gasteiger partial charge in [0.2, 0.25) is 0 Å². The molecule has 0 amide bonds. The number of nitrogens with one attached hydrogen (secondary N) is 1. The molecule has 0 saturated carbocycles. The first-order valence-corrected chi connectivity index (χ1v) is 4.97. The van der Waals surface area contributed by atoms with Crippen LogP contribution >= 0.6 is 0 Å². The summed E-state index contributed by atoms with van der Waals surface area (Å²) >= 11 is 0. The Labute approximate surface area is 93.8 Å². The quantitative estimate of drug-likeness (QED) is 0.808. The van der Waals surface area contributed by atoms with Gasteiger partial charge in [0.1, 0.15) is 11.6 Å². The summed E-state index contributed by atoms with van der Waals surface area (Å²) in [6.07, 6.45) is 4.92. The topological polar surface area (TPSA) is 76.7 Å². The summed E-state index contributed by atoms with van der Waals surface area (Å²) in [5.74, 6) is 1.06. The van der Waals surface area contributed by atoms with Crippen molar-refractivity contribution in [2.45, 2.75) is 13.5 Å². The minimum atomic E-state index is 0.405. The molecule has 0 aliphatic carbocycles. The summed E-state index contributed by atoms with van der Waals surface area (Å²) in [7, 11) is 0. The van der Waals surface area contributed by atoms with Gasteiger partial charge in [-0.1, -0.05) is 6.07 Å². The average Bonchev–Trinajstić information content (AvgIpc) is 2.28. The standard InChI is InChI=1S/C11H13N5/c1-8-3-2-4-14-9(8)5-15-11-7-13-6-10(12)16-11/h2-4,6-7H,5H2,1H3,(H3,12,15,16). The van der Waals surface area contributed by atoms with Crippen LogP contribution in [0.3, 0.4) is 0 Å². The highest BCUT2D eigenvalue weighted by Gasteiger charge is 1.99. The second-order valence-corrected chi connectivity index (χ2v) is 3.45. The molecule has 0 atom stereocenters. The van der Waals surface area contributed by atoms with Crippen LogP contribution in [0.2, 0.25) is 0 Å². The Morgan fingerprint density at radius 3 is 3.00 bits per heavy atom. The maximum absolute atomic E-state index is 5.53. The van der Waals surface area contributed by atoms with Gasteiger partial charge in [-0.05, 0) is 18.6 Å². The first-order chi connectivity index (χ1) is 7.75. The average molecular weight is 215 g/mol. The molecule has 0 spiro atoms. The van der Waals surface area contributed by atoms with Gasteiger partial charge in [0.15, 0.2) is 0 Å². The molecule has 0 aromatic carbocycles. The number of rotatable bonds is 3. The van der Waals surface area contributed by atoms with Crippen molar-refractivity contribution in [2.24, 2.45) is 0 Å². The molecule has 0 saturated heterocycles. The highest BCUT2D eigenvalue weighted by atomic mass is 15.0. The Morgan fingerprint density at radius 2 is 2.25 bits per heavy atom. The van der Waals surface area contributed by atoms with Gasteiger partial charge in [-0.25, -0.2) is 4.98 Å². The second kappa shape index (κ2) is 4.57. The molecule has 82 valence electrons. The third-order valence-electron chi connectivity index (χ3n) is 2.21. The first-order valence-electron chi connectivity index (χ1n) is 4.97. The summed E-state index contributed by atoms with van der Waals surface area (Å²) in [5, 5.41) is 3.13. The molecule has 5 heteroatoms. The van der Waals surface area contributed by atoms with Gasteiger partial charge in [-0.15, -0.1) is 0 Å². The lowest BCUT2D eigenvalue weighted by molar-refractivity contribution is 1.00. The van der Waals surface area contributed by atoms with Crippen molar-refractivity contribution in [3.05, 3.63) is 42.0 Å². The van der Waals surface area contributed by atoms with Crippen molar-refractivity contribution in [1.29, 1.82) is 0 Å². The van der Waals surface area contributed by atoms with E-state index in [4.69, 9.17) is 5.73 Å². The number of hydrogen-bond acceptors (Lipinski definition) is 5. The molecule has 16 heavy (non-hydrogen) atoms. The zero-order chi connectivity index (χ0) is 11.4. The largest absolute Gasteiger partial charge is 0.382 e. The molecular weight excluding hydrogens is 202 g/mol. The first kappa shape index (κ1) is 10.4. The Balaban J connectivity index is 2.05. The number of anilines is 2. The molecular formula is C11H13N5. The molecule has 2 aromatic heterocycles. The summed E-state index contributed by atoms with van der Waals surface area (Å²) in [6, 6.07) is 3.94.